The van der Waals surface area contributed by atoms with Crippen molar-refractivity contribution in [3.8, 4) is 0 Å². The third-order valence-corrected chi connectivity index (χ3v) is 5.06. The van der Waals surface area contributed by atoms with Crippen molar-refractivity contribution >= 4 is 0 Å². The number of hydrogen-bond donors (Lipinski definition) is 0. The Hall–Kier alpha value is -0.0800. The fourth-order valence-corrected chi connectivity index (χ4v) is 3.92. The number of likely N-dealkylation sites (tertiary alicyclic amines) is 2. The quantitative estimate of drug-likeness (QED) is 0.730. The van der Waals surface area contributed by atoms with Crippen LogP contribution in [0.25, 0.3) is 0 Å². The van der Waals surface area contributed by atoms with Gasteiger partial charge in [-0.05, 0) is 72.4 Å². The summed E-state index contributed by atoms with van der Waals surface area (Å²) in [5.41, 5.74) is 0.648. The van der Waals surface area contributed by atoms with E-state index in [0.717, 1.165) is 12.1 Å². The van der Waals surface area contributed by atoms with Gasteiger partial charge in [-0.1, -0.05) is 0 Å². The molecule has 2 aliphatic heterocycles. The predicted octanol–water partition coefficient (Wildman–Crippen LogP) is 2.98. The van der Waals surface area contributed by atoms with Crippen LogP contribution in [0.15, 0.2) is 0 Å². The van der Waals surface area contributed by atoms with E-state index in [1.807, 2.05) is 0 Å². The molecule has 0 N–H and O–H groups in total. The van der Waals surface area contributed by atoms with Crippen molar-refractivity contribution in [1.29, 1.82) is 0 Å². The van der Waals surface area contributed by atoms with E-state index in [2.05, 4.69) is 44.4 Å². The van der Waals surface area contributed by atoms with Crippen molar-refractivity contribution in [2.45, 2.75) is 72.0 Å². The Morgan fingerprint density at radius 3 is 2.00 bits per heavy atom. The van der Waals surface area contributed by atoms with Gasteiger partial charge >= 0.3 is 0 Å². The minimum Gasteiger partial charge on any atom is -0.301 e. The first-order chi connectivity index (χ1) is 7.93. The van der Waals surface area contributed by atoms with Gasteiger partial charge < -0.3 is 4.90 Å². The Morgan fingerprint density at radius 1 is 1.00 bits per heavy atom. The lowest BCUT2D eigenvalue weighted by molar-refractivity contribution is 0.0836. The van der Waals surface area contributed by atoms with Crippen LogP contribution in [-0.2, 0) is 0 Å². The Balaban J connectivity index is 1.96. The van der Waals surface area contributed by atoms with E-state index >= 15 is 0 Å². The van der Waals surface area contributed by atoms with Crippen molar-refractivity contribution < 1.29 is 0 Å². The van der Waals surface area contributed by atoms with Crippen LogP contribution in [0.4, 0.5) is 0 Å². The third kappa shape index (κ3) is 2.68. The zero-order valence-corrected chi connectivity index (χ0v) is 12.4. The Labute approximate surface area is 107 Å². The Morgan fingerprint density at radius 2 is 1.59 bits per heavy atom. The molecule has 0 aromatic rings. The van der Waals surface area contributed by atoms with Gasteiger partial charge in [0.05, 0.1) is 0 Å². The van der Waals surface area contributed by atoms with Crippen LogP contribution in [0, 0.1) is 5.41 Å². The standard InChI is InChI=1S/C15H30N2/c1-12(2)16-8-6-15(7-9-16)10-14(5)17(11-15)13(3)4/h12-14H,6-11H2,1-5H3/t14-/m1/s1. The average Bonchev–Trinajstić information content (AvgIpc) is 2.56. The van der Waals surface area contributed by atoms with Crippen molar-refractivity contribution in [3.05, 3.63) is 0 Å². The van der Waals surface area contributed by atoms with Gasteiger partial charge in [0, 0.05) is 24.7 Å². The van der Waals surface area contributed by atoms with Gasteiger partial charge in [0.1, 0.15) is 0 Å². The summed E-state index contributed by atoms with van der Waals surface area (Å²) in [6.07, 6.45) is 4.26. The highest BCUT2D eigenvalue weighted by molar-refractivity contribution is 4.98. The van der Waals surface area contributed by atoms with Crippen LogP contribution in [0.3, 0.4) is 0 Å². The molecule has 1 spiro atoms. The monoisotopic (exact) mass is 238 g/mol. The van der Waals surface area contributed by atoms with Gasteiger partial charge in [-0.2, -0.15) is 0 Å². The number of hydrogen-bond acceptors (Lipinski definition) is 2. The maximum absolute atomic E-state index is 2.71. The minimum atomic E-state index is 0.648. The Kier molecular flexibility index (Phi) is 3.84. The van der Waals surface area contributed by atoms with Crippen LogP contribution >= 0.6 is 0 Å². The summed E-state index contributed by atoms with van der Waals surface area (Å²) in [5.74, 6) is 0. The molecule has 17 heavy (non-hydrogen) atoms. The lowest BCUT2D eigenvalue weighted by Crippen LogP contribution is -2.44. The summed E-state index contributed by atoms with van der Waals surface area (Å²) < 4.78 is 0. The molecule has 0 unspecified atom stereocenters. The minimum absolute atomic E-state index is 0.648. The molecule has 0 radical (unpaired) electrons. The molecule has 2 heteroatoms. The van der Waals surface area contributed by atoms with Crippen molar-refractivity contribution in [2.75, 3.05) is 19.6 Å². The second-order valence-electron chi connectivity index (χ2n) is 6.95. The largest absolute Gasteiger partial charge is 0.301 e. The molecule has 2 aliphatic rings. The molecule has 0 aromatic carbocycles. The number of rotatable bonds is 2. The van der Waals surface area contributed by atoms with Gasteiger partial charge in [-0.3, -0.25) is 4.90 Å². The number of nitrogens with zero attached hydrogens (tertiary/aromatic N) is 2. The van der Waals surface area contributed by atoms with E-state index in [4.69, 9.17) is 0 Å². The van der Waals surface area contributed by atoms with Gasteiger partial charge in [0.15, 0.2) is 0 Å². The lowest BCUT2D eigenvalue weighted by Gasteiger charge is -2.41. The van der Waals surface area contributed by atoms with Gasteiger partial charge in [0.2, 0.25) is 0 Å². The van der Waals surface area contributed by atoms with Gasteiger partial charge in [-0.15, -0.1) is 0 Å². The summed E-state index contributed by atoms with van der Waals surface area (Å²) >= 11 is 0. The smallest absolute Gasteiger partial charge is 0.00756 e. The lowest BCUT2D eigenvalue weighted by atomic mass is 9.76. The maximum atomic E-state index is 2.71. The van der Waals surface area contributed by atoms with Crippen molar-refractivity contribution in [3.63, 3.8) is 0 Å². The molecular weight excluding hydrogens is 208 g/mol. The molecule has 2 nitrogen and oxygen atoms in total. The molecule has 2 saturated heterocycles. The van der Waals surface area contributed by atoms with Crippen LogP contribution in [0.1, 0.15) is 53.9 Å². The van der Waals surface area contributed by atoms with E-state index < -0.39 is 0 Å². The predicted molar refractivity (Wildman–Crippen MR) is 74.3 cm³/mol. The second kappa shape index (κ2) is 4.89. The molecule has 0 saturated carbocycles. The van der Waals surface area contributed by atoms with Crippen molar-refractivity contribution in [2.24, 2.45) is 5.41 Å². The normalized spacial score (nSPS) is 30.9. The summed E-state index contributed by atoms with van der Waals surface area (Å²) in [5, 5.41) is 0. The first kappa shape index (κ1) is 13.4. The SMILES string of the molecule is CC(C)N1CCC2(CC1)C[C@@H](C)N(C(C)C)C2. The van der Waals surface area contributed by atoms with E-state index in [1.165, 1.54) is 38.9 Å². The van der Waals surface area contributed by atoms with Crippen LogP contribution in [0.5, 0.6) is 0 Å². The highest BCUT2D eigenvalue weighted by atomic mass is 15.2. The highest BCUT2D eigenvalue weighted by Crippen LogP contribution is 2.44. The molecule has 0 aliphatic carbocycles. The zero-order chi connectivity index (χ0) is 12.6. The molecule has 100 valence electrons. The Bertz CT molecular complexity index is 252. The molecule has 0 bridgehead atoms. The van der Waals surface area contributed by atoms with Crippen LogP contribution < -0.4 is 0 Å². The van der Waals surface area contributed by atoms with Gasteiger partial charge in [-0.25, -0.2) is 0 Å². The second-order valence-corrected chi connectivity index (χ2v) is 6.95. The summed E-state index contributed by atoms with van der Waals surface area (Å²) in [4.78, 5) is 5.36. The fraction of sp³-hybridized carbons (Fsp3) is 1.00. The van der Waals surface area contributed by atoms with Crippen LogP contribution in [-0.4, -0.2) is 47.6 Å². The van der Waals surface area contributed by atoms with E-state index in [1.54, 1.807) is 0 Å². The topological polar surface area (TPSA) is 6.48 Å². The summed E-state index contributed by atoms with van der Waals surface area (Å²) in [6, 6.07) is 2.24. The molecule has 1 atom stereocenters. The average molecular weight is 238 g/mol. The van der Waals surface area contributed by atoms with E-state index in [9.17, 15) is 0 Å². The van der Waals surface area contributed by atoms with Crippen LogP contribution in [0.2, 0.25) is 0 Å². The summed E-state index contributed by atoms with van der Waals surface area (Å²) in [7, 11) is 0. The van der Waals surface area contributed by atoms with Gasteiger partial charge in [0.25, 0.3) is 0 Å². The molecular formula is C15H30N2. The van der Waals surface area contributed by atoms with E-state index in [0.29, 0.717) is 11.5 Å². The maximum Gasteiger partial charge on any atom is 0.00756 e. The first-order valence-electron chi connectivity index (χ1n) is 7.43. The van der Waals surface area contributed by atoms with E-state index in [-0.39, 0.29) is 0 Å². The van der Waals surface area contributed by atoms with Crippen molar-refractivity contribution in [1.82, 2.24) is 9.80 Å². The molecule has 0 amide bonds. The molecule has 2 rings (SSSR count). The first-order valence-corrected chi connectivity index (χ1v) is 7.43. The third-order valence-electron chi connectivity index (χ3n) is 5.06. The molecule has 2 heterocycles. The molecule has 2 fully saturated rings. The number of piperidine rings is 1. The molecule has 0 aromatic heterocycles. The fourth-order valence-electron chi connectivity index (χ4n) is 3.92. The zero-order valence-electron chi connectivity index (χ0n) is 12.4. The highest BCUT2D eigenvalue weighted by Gasteiger charge is 2.44. The summed E-state index contributed by atoms with van der Waals surface area (Å²) in [6.45, 7) is 15.7.